The van der Waals surface area contributed by atoms with Gasteiger partial charge in [-0.05, 0) is 30.3 Å². The van der Waals surface area contributed by atoms with Gasteiger partial charge in [-0.3, -0.25) is 4.57 Å². The highest BCUT2D eigenvalue weighted by atomic mass is 32.2. The molecule has 3 rings (SSSR count). The van der Waals surface area contributed by atoms with Crippen molar-refractivity contribution in [3.8, 4) is 5.75 Å². The third kappa shape index (κ3) is 3.80. The fourth-order valence-electron chi connectivity index (χ4n) is 2.65. The van der Waals surface area contributed by atoms with Crippen LogP contribution in [0, 0.1) is 0 Å². The molecule has 0 aliphatic carbocycles. The normalized spacial score (nSPS) is 11.8. The SMILES string of the molecule is COc1ccc(S(N)(=O)=O)cc1C(=O)OCc1nc2ccccc2n1C(F)F. The van der Waals surface area contributed by atoms with Gasteiger partial charge in [-0.15, -0.1) is 0 Å². The summed E-state index contributed by atoms with van der Waals surface area (Å²) in [4.78, 5) is 16.1. The van der Waals surface area contributed by atoms with Gasteiger partial charge in [0, 0.05) is 0 Å². The smallest absolute Gasteiger partial charge is 0.342 e. The Bertz CT molecular complexity index is 1140. The summed E-state index contributed by atoms with van der Waals surface area (Å²) in [5.74, 6) is -1.10. The maximum Gasteiger partial charge on any atom is 0.342 e. The molecular weight excluding hydrogens is 396 g/mol. The minimum Gasteiger partial charge on any atom is -0.496 e. The first-order valence-electron chi connectivity index (χ1n) is 7.84. The molecular formula is C17H15F2N3O5S. The molecule has 0 aliphatic heterocycles. The van der Waals surface area contributed by atoms with Crippen LogP contribution in [0.5, 0.6) is 5.75 Å². The molecule has 2 aromatic carbocycles. The number of para-hydroxylation sites is 2. The quantitative estimate of drug-likeness (QED) is 0.624. The van der Waals surface area contributed by atoms with Crippen LogP contribution in [-0.2, 0) is 21.4 Å². The number of imidazole rings is 1. The van der Waals surface area contributed by atoms with E-state index in [9.17, 15) is 22.0 Å². The second-order valence-corrected chi connectivity index (χ2v) is 7.21. The second-order valence-electron chi connectivity index (χ2n) is 5.65. The van der Waals surface area contributed by atoms with Gasteiger partial charge in [0.25, 0.3) is 0 Å². The number of hydrogen-bond donors (Lipinski definition) is 1. The van der Waals surface area contributed by atoms with E-state index in [0.29, 0.717) is 10.1 Å². The summed E-state index contributed by atoms with van der Waals surface area (Å²) in [7, 11) is -2.79. The first-order valence-corrected chi connectivity index (χ1v) is 9.39. The number of alkyl halides is 2. The van der Waals surface area contributed by atoms with Crippen molar-refractivity contribution < 1.29 is 31.5 Å². The van der Waals surface area contributed by atoms with Gasteiger partial charge in [0.15, 0.2) is 5.82 Å². The van der Waals surface area contributed by atoms with Crippen LogP contribution in [0.2, 0.25) is 0 Å². The van der Waals surface area contributed by atoms with Crippen molar-refractivity contribution in [2.75, 3.05) is 7.11 Å². The van der Waals surface area contributed by atoms with Gasteiger partial charge < -0.3 is 9.47 Å². The van der Waals surface area contributed by atoms with Gasteiger partial charge in [0.05, 0.1) is 23.0 Å². The van der Waals surface area contributed by atoms with Crippen LogP contribution in [0.1, 0.15) is 22.7 Å². The van der Waals surface area contributed by atoms with Crippen molar-refractivity contribution in [1.29, 1.82) is 0 Å². The number of hydrogen-bond acceptors (Lipinski definition) is 6. The lowest BCUT2D eigenvalue weighted by Crippen LogP contribution is -2.15. The Labute approximate surface area is 158 Å². The molecule has 28 heavy (non-hydrogen) atoms. The summed E-state index contributed by atoms with van der Waals surface area (Å²) in [6.07, 6.45) is 0. The molecule has 1 heterocycles. The summed E-state index contributed by atoms with van der Waals surface area (Å²) >= 11 is 0. The molecule has 0 aliphatic rings. The molecule has 148 valence electrons. The Morgan fingerprint density at radius 1 is 1.25 bits per heavy atom. The number of ether oxygens (including phenoxy) is 2. The number of aromatic nitrogens is 2. The number of benzene rings is 2. The van der Waals surface area contributed by atoms with E-state index >= 15 is 0 Å². The Hall–Kier alpha value is -3.05. The molecule has 0 amide bonds. The third-order valence-electron chi connectivity index (χ3n) is 3.92. The van der Waals surface area contributed by atoms with Crippen LogP contribution in [0.15, 0.2) is 47.4 Å². The largest absolute Gasteiger partial charge is 0.496 e. The number of primary sulfonamides is 1. The number of methoxy groups -OCH3 is 1. The maximum atomic E-state index is 13.4. The Kier molecular flexibility index (Phi) is 5.29. The molecule has 3 aromatic rings. The van der Waals surface area contributed by atoms with Gasteiger partial charge >= 0.3 is 12.5 Å². The van der Waals surface area contributed by atoms with Crippen molar-refractivity contribution in [3.05, 3.63) is 53.9 Å². The molecule has 0 saturated heterocycles. The molecule has 8 nitrogen and oxygen atoms in total. The van der Waals surface area contributed by atoms with Crippen molar-refractivity contribution in [2.24, 2.45) is 5.14 Å². The third-order valence-corrected chi connectivity index (χ3v) is 4.83. The van der Waals surface area contributed by atoms with Gasteiger partial charge in [-0.25, -0.2) is 23.3 Å². The number of rotatable bonds is 6. The van der Waals surface area contributed by atoms with Crippen LogP contribution >= 0.6 is 0 Å². The number of carbonyl (C=O) groups excluding carboxylic acids is 1. The van der Waals surface area contributed by atoms with E-state index in [1.54, 1.807) is 18.2 Å². The molecule has 0 unspecified atom stereocenters. The van der Waals surface area contributed by atoms with Crippen molar-refractivity contribution in [1.82, 2.24) is 9.55 Å². The van der Waals surface area contributed by atoms with E-state index in [1.807, 2.05) is 0 Å². The number of fused-ring (bicyclic) bond motifs is 1. The van der Waals surface area contributed by atoms with Gasteiger partial charge in [0.1, 0.15) is 17.9 Å². The average molecular weight is 411 g/mol. The zero-order valence-corrected chi connectivity index (χ0v) is 15.3. The highest BCUT2D eigenvalue weighted by Crippen LogP contribution is 2.25. The highest BCUT2D eigenvalue weighted by Gasteiger charge is 2.22. The van der Waals surface area contributed by atoms with E-state index < -0.39 is 29.1 Å². The number of halogens is 2. The van der Waals surface area contributed by atoms with Crippen LogP contribution < -0.4 is 9.88 Å². The van der Waals surface area contributed by atoms with E-state index in [4.69, 9.17) is 14.6 Å². The van der Waals surface area contributed by atoms with Crippen molar-refractivity contribution in [2.45, 2.75) is 18.1 Å². The summed E-state index contributed by atoms with van der Waals surface area (Å²) in [6.45, 7) is -3.44. The molecule has 11 heteroatoms. The number of sulfonamides is 1. The number of esters is 1. The van der Waals surface area contributed by atoms with Gasteiger partial charge in [-0.2, -0.15) is 8.78 Å². The van der Waals surface area contributed by atoms with Gasteiger partial charge in [0.2, 0.25) is 10.0 Å². The van der Waals surface area contributed by atoms with E-state index in [2.05, 4.69) is 4.98 Å². The molecule has 0 bridgehead atoms. The summed E-state index contributed by atoms with van der Waals surface area (Å²) < 4.78 is 60.6. The number of nitrogens with two attached hydrogens (primary N) is 1. The first kappa shape index (κ1) is 19.7. The average Bonchev–Trinajstić information content (AvgIpc) is 3.03. The summed E-state index contributed by atoms with van der Waals surface area (Å²) in [5.41, 5.74) is 0.300. The Morgan fingerprint density at radius 3 is 2.61 bits per heavy atom. The monoisotopic (exact) mass is 411 g/mol. The minimum atomic E-state index is -4.07. The molecule has 0 spiro atoms. The highest BCUT2D eigenvalue weighted by molar-refractivity contribution is 7.89. The second kappa shape index (κ2) is 7.52. The fraction of sp³-hybridized carbons (Fsp3) is 0.176. The molecule has 1 aromatic heterocycles. The number of carbonyl (C=O) groups is 1. The predicted octanol–water partition coefficient (Wildman–Crippen LogP) is 2.44. The Balaban J connectivity index is 1.91. The zero-order chi connectivity index (χ0) is 20.5. The van der Waals surface area contributed by atoms with Crippen LogP contribution in [0.3, 0.4) is 0 Å². The number of nitrogens with zero attached hydrogens (tertiary/aromatic N) is 2. The molecule has 0 radical (unpaired) electrons. The van der Waals surface area contributed by atoms with Gasteiger partial charge in [-0.1, -0.05) is 12.1 Å². The van der Waals surface area contributed by atoms with Crippen molar-refractivity contribution >= 4 is 27.0 Å². The summed E-state index contributed by atoms with van der Waals surface area (Å²) in [6, 6.07) is 9.65. The summed E-state index contributed by atoms with van der Waals surface area (Å²) in [5, 5.41) is 5.06. The van der Waals surface area contributed by atoms with E-state index in [0.717, 1.165) is 6.07 Å². The van der Waals surface area contributed by atoms with Crippen LogP contribution in [0.25, 0.3) is 11.0 Å². The minimum absolute atomic E-state index is 0.0414. The first-order chi connectivity index (χ1) is 13.2. The molecule has 0 atom stereocenters. The lowest BCUT2D eigenvalue weighted by Gasteiger charge is -2.11. The zero-order valence-electron chi connectivity index (χ0n) is 14.5. The van der Waals surface area contributed by atoms with E-state index in [1.165, 1.54) is 25.3 Å². The molecule has 2 N–H and O–H groups in total. The van der Waals surface area contributed by atoms with Crippen molar-refractivity contribution in [3.63, 3.8) is 0 Å². The van der Waals surface area contributed by atoms with Crippen LogP contribution in [-0.4, -0.2) is 31.0 Å². The Morgan fingerprint density at radius 2 is 1.96 bits per heavy atom. The molecule has 0 saturated carbocycles. The van der Waals surface area contributed by atoms with Crippen LogP contribution in [0.4, 0.5) is 8.78 Å². The molecule has 0 fully saturated rings. The fourth-order valence-corrected chi connectivity index (χ4v) is 3.19. The predicted molar refractivity (Wildman–Crippen MR) is 94.5 cm³/mol. The topological polar surface area (TPSA) is 114 Å². The lowest BCUT2D eigenvalue weighted by molar-refractivity contribution is 0.0384. The standard InChI is InChI=1S/C17H15F2N3O5S/c1-26-14-7-6-10(28(20,24)25)8-11(14)16(23)27-9-15-21-12-4-2-3-5-13(12)22(15)17(18)19/h2-8,17H,9H2,1H3,(H2,20,24,25). The van der Waals surface area contributed by atoms with E-state index in [-0.39, 0.29) is 27.5 Å². The maximum absolute atomic E-state index is 13.4. The lowest BCUT2D eigenvalue weighted by atomic mass is 10.2.